The van der Waals surface area contributed by atoms with Crippen molar-refractivity contribution < 1.29 is 27.6 Å². The van der Waals surface area contributed by atoms with Crippen LogP contribution in [0.4, 0.5) is 0 Å². The van der Waals surface area contributed by atoms with E-state index in [1.165, 1.54) is 0 Å². The van der Waals surface area contributed by atoms with Gasteiger partial charge in [-0.1, -0.05) is 0 Å². The van der Waals surface area contributed by atoms with E-state index in [0.29, 0.717) is 13.2 Å². The predicted molar refractivity (Wildman–Crippen MR) is 56.9 cm³/mol. The zero-order valence-corrected chi connectivity index (χ0v) is 8.70. The SMILES string of the molecule is O=S(=O)(O)CCCOCCOCCO.[NaH]. The van der Waals surface area contributed by atoms with Crippen LogP contribution in [0.5, 0.6) is 0 Å². The molecule has 0 aromatic rings. The third-order valence-electron chi connectivity index (χ3n) is 1.30. The van der Waals surface area contributed by atoms with E-state index >= 15 is 0 Å². The summed E-state index contributed by atoms with van der Waals surface area (Å²) in [6.07, 6.45) is 0.263. The van der Waals surface area contributed by atoms with Crippen LogP contribution in [0.15, 0.2) is 0 Å². The van der Waals surface area contributed by atoms with Gasteiger partial charge < -0.3 is 14.6 Å². The van der Waals surface area contributed by atoms with E-state index in [0.717, 1.165) is 0 Å². The Balaban J connectivity index is 0. The summed E-state index contributed by atoms with van der Waals surface area (Å²) in [5.74, 6) is -0.287. The number of hydrogen-bond donors (Lipinski definition) is 2. The van der Waals surface area contributed by atoms with Gasteiger partial charge in [0.15, 0.2) is 0 Å². The van der Waals surface area contributed by atoms with Crippen LogP contribution in [0.25, 0.3) is 0 Å². The monoisotopic (exact) mass is 252 g/mol. The van der Waals surface area contributed by atoms with Gasteiger partial charge in [-0.15, -0.1) is 0 Å². The molecule has 0 saturated carbocycles. The predicted octanol–water partition coefficient (Wildman–Crippen LogP) is -1.36. The Bertz CT molecular complexity index is 218. The molecule has 0 heterocycles. The maximum absolute atomic E-state index is 10.3. The summed E-state index contributed by atoms with van der Waals surface area (Å²) in [5.41, 5.74) is 0. The molecule has 0 rings (SSSR count). The van der Waals surface area contributed by atoms with Gasteiger partial charge in [-0.25, -0.2) is 0 Å². The van der Waals surface area contributed by atoms with Gasteiger partial charge >= 0.3 is 29.6 Å². The van der Waals surface area contributed by atoms with E-state index in [9.17, 15) is 8.42 Å². The fourth-order valence-corrected chi connectivity index (χ4v) is 1.21. The van der Waals surface area contributed by atoms with Crippen molar-refractivity contribution in [3.05, 3.63) is 0 Å². The first kappa shape index (κ1) is 18.2. The third-order valence-corrected chi connectivity index (χ3v) is 2.10. The van der Waals surface area contributed by atoms with Gasteiger partial charge in [-0.05, 0) is 6.42 Å². The Hall–Kier alpha value is 0.790. The summed E-state index contributed by atoms with van der Waals surface area (Å²) in [4.78, 5) is 0. The molecule has 0 saturated heterocycles. The van der Waals surface area contributed by atoms with Crippen LogP contribution in [0.2, 0.25) is 0 Å². The van der Waals surface area contributed by atoms with Gasteiger partial charge in [-0.2, -0.15) is 8.42 Å². The van der Waals surface area contributed by atoms with E-state index < -0.39 is 10.1 Å². The van der Waals surface area contributed by atoms with Crippen molar-refractivity contribution in [1.29, 1.82) is 0 Å². The minimum absolute atomic E-state index is 0. The Morgan fingerprint density at radius 1 is 1.00 bits per heavy atom. The van der Waals surface area contributed by atoms with Crippen molar-refractivity contribution in [3.63, 3.8) is 0 Å². The van der Waals surface area contributed by atoms with Crippen LogP contribution in [0, 0.1) is 0 Å². The van der Waals surface area contributed by atoms with E-state index in [1.54, 1.807) is 0 Å². The van der Waals surface area contributed by atoms with Gasteiger partial charge in [0.2, 0.25) is 0 Å². The Labute approximate surface area is 112 Å². The Morgan fingerprint density at radius 2 is 1.53 bits per heavy atom. The van der Waals surface area contributed by atoms with Crippen LogP contribution >= 0.6 is 0 Å². The molecule has 0 unspecified atom stereocenters. The van der Waals surface area contributed by atoms with Crippen LogP contribution in [0.3, 0.4) is 0 Å². The third kappa shape index (κ3) is 17.4. The van der Waals surface area contributed by atoms with Crippen LogP contribution in [-0.2, 0) is 19.6 Å². The van der Waals surface area contributed by atoms with Gasteiger partial charge in [0.05, 0.1) is 32.2 Å². The second-order valence-corrected chi connectivity index (χ2v) is 4.16. The van der Waals surface area contributed by atoms with E-state index in [2.05, 4.69) is 0 Å². The summed E-state index contributed by atoms with van der Waals surface area (Å²) < 4.78 is 38.7. The van der Waals surface area contributed by atoms with Gasteiger partial charge in [0, 0.05) is 6.61 Å². The zero-order chi connectivity index (χ0) is 10.9. The number of aliphatic hydroxyl groups is 1. The molecule has 0 atom stereocenters. The molecule has 6 nitrogen and oxygen atoms in total. The molecule has 8 heteroatoms. The van der Waals surface area contributed by atoms with Crippen LogP contribution in [-0.4, -0.2) is 86.4 Å². The van der Waals surface area contributed by atoms with Crippen molar-refractivity contribution in [3.8, 4) is 0 Å². The molecule has 0 fully saturated rings. The summed E-state index contributed by atoms with van der Waals surface area (Å²) >= 11 is 0. The van der Waals surface area contributed by atoms with Crippen molar-refractivity contribution in [1.82, 2.24) is 0 Å². The quantitative estimate of drug-likeness (QED) is 0.299. The number of aliphatic hydroxyl groups excluding tert-OH is 1. The zero-order valence-electron chi connectivity index (χ0n) is 7.89. The Kier molecular flexibility index (Phi) is 13.7. The van der Waals surface area contributed by atoms with Crippen molar-refractivity contribution in [2.75, 3.05) is 38.8 Å². The molecule has 0 spiro atoms. The molecule has 0 radical (unpaired) electrons. The van der Waals surface area contributed by atoms with E-state index in [4.69, 9.17) is 19.1 Å². The molecule has 0 aromatic carbocycles. The topological polar surface area (TPSA) is 93.1 Å². The van der Waals surface area contributed by atoms with Crippen LogP contribution in [0.1, 0.15) is 6.42 Å². The second-order valence-electron chi connectivity index (χ2n) is 2.59. The fourth-order valence-electron chi connectivity index (χ4n) is 0.730. The number of ether oxygens (including phenoxy) is 2. The average molecular weight is 252 g/mol. The van der Waals surface area contributed by atoms with Gasteiger partial charge in [0.25, 0.3) is 10.1 Å². The molecular weight excluding hydrogens is 235 g/mol. The van der Waals surface area contributed by atoms with Crippen molar-refractivity contribution in [2.24, 2.45) is 0 Å². The molecule has 0 aliphatic rings. The number of rotatable bonds is 9. The molecule has 0 aromatic heterocycles. The molecule has 0 aliphatic heterocycles. The number of hydrogen-bond acceptors (Lipinski definition) is 5. The first-order valence-electron chi connectivity index (χ1n) is 4.28. The fraction of sp³-hybridized carbons (Fsp3) is 1.00. The Morgan fingerprint density at radius 3 is 2.00 bits per heavy atom. The second kappa shape index (κ2) is 11.3. The first-order valence-corrected chi connectivity index (χ1v) is 5.88. The van der Waals surface area contributed by atoms with E-state index in [-0.39, 0.29) is 61.6 Å². The van der Waals surface area contributed by atoms with Crippen molar-refractivity contribution in [2.45, 2.75) is 6.42 Å². The summed E-state index contributed by atoms with van der Waals surface area (Å²) in [6, 6.07) is 0. The average Bonchev–Trinajstić information content (AvgIpc) is 2.08. The molecule has 2 N–H and O–H groups in total. The molecule has 88 valence electrons. The molecular formula is C7H17NaO6S. The standard InChI is InChI=1S/C7H16O6S.Na.H/c8-2-4-13-6-5-12-3-1-7-14(9,10)11;;/h8H,1-7H2,(H,9,10,11);;. The minimum atomic E-state index is -3.87. The first-order chi connectivity index (χ1) is 6.56. The van der Waals surface area contributed by atoms with Crippen LogP contribution < -0.4 is 0 Å². The summed E-state index contributed by atoms with van der Waals surface area (Å²) in [7, 11) is -3.87. The van der Waals surface area contributed by atoms with Gasteiger partial charge in [-0.3, -0.25) is 4.55 Å². The molecule has 0 amide bonds. The molecule has 0 aliphatic carbocycles. The summed E-state index contributed by atoms with van der Waals surface area (Å²) in [6.45, 7) is 1.23. The van der Waals surface area contributed by atoms with E-state index in [1.807, 2.05) is 0 Å². The van der Waals surface area contributed by atoms with Gasteiger partial charge in [0.1, 0.15) is 0 Å². The van der Waals surface area contributed by atoms with Crippen molar-refractivity contribution >= 4 is 39.7 Å². The summed E-state index contributed by atoms with van der Waals surface area (Å²) in [5, 5.41) is 8.34. The molecule has 0 bridgehead atoms. The normalized spacial score (nSPS) is 11.1. The molecule has 15 heavy (non-hydrogen) atoms. The maximum atomic E-state index is 10.3.